The number of halogens is 1. The first-order valence-electron chi connectivity index (χ1n) is 14.1. The molecule has 0 saturated heterocycles. The number of fused-ring (bicyclic) bond motifs is 1. The van der Waals surface area contributed by atoms with Crippen LogP contribution in [-0.4, -0.2) is 27.8 Å². The molecule has 6 rings (SSSR count). The number of carboxylic acid groups (broad SMARTS) is 1. The Morgan fingerprint density at radius 3 is 2.40 bits per heavy atom. The summed E-state index contributed by atoms with van der Waals surface area (Å²) < 4.78 is 14.2. The van der Waals surface area contributed by atoms with Gasteiger partial charge in [0.1, 0.15) is 5.82 Å². The lowest BCUT2D eigenvalue weighted by Gasteiger charge is -2.24. The van der Waals surface area contributed by atoms with Gasteiger partial charge in [-0.05, 0) is 79.0 Å². The molecule has 3 aromatic rings. The molecule has 2 aliphatic carbocycles. The van der Waals surface area contributed by atoms with Gasteiger partial charge in [0.05, 0.1) is 17.9 Å². The van der Waals surface area contributed by atoms with Crippen LogP contribution < -0.4 is 5.32 Å². The summed E-state index contributed by atoms with van der Waals surface area (Å²) in [4.78, 5) is 39.8. The van der Waals surface area contributed by atoms with Crippen molar-refractivity contribution in [3.63, 3.8) is 0 Å². The predicted molar refractivity (Wildman–Crippen MR) is 149 cm³/mol. The van der Waals surface area contributed by atoms with E-state index < -0.39 is 11.4 Å². The smallest absolute Gasteiger partial charge is 0.309 e. The summed E-state index contributed by atoms with van der Waals surface area (Å²) in [5, 5.41) is 12.7. The number of rotatable bonds is 9. The molecule has 0 spiro atoms. The Labute approximate surface area is 233 Å². The Hall–Kier alpha value is -4.00. The first-order chi connectivity index (χ1) is 19.3. The maximum atomic E-state index is 14.2. The van der Waals surface area contributed by atoms with Crippen molar-refractivity contribution in [3.05, 3.63) is 100 Å². The Kier molecular flexibility index (Phi) is 6.90. The Balaban J connectivity index is 1.16. The van der Waals surface area contributed by atoms with E-state index in [9.17, 15) is 23.9 Å². The minimum atomic E-state index is -0.752. The third-order valence-corrected chi connectivity index (χ3v) is 8.90. The van der Waals surface area contributed by atoms with E-state index in [0.717, 1.165) is 42.4 Å². The van der Waals surface area contributed by atoms with Crippen LogP contribution in [0.4, 0.5) is 10.1 Å². The highest BCUT2D eigenvalue weighted by atomic mass is 19.1. The minimum Gasteiger partial charge on any atom is -0.481 e. The third kappa shape index (κ3) is 5.12. The van der Waals surface area contributed by atoms with Crippen LogP contribution in [0.3, 0.4) is 0 Å². The number of hydrogen-bond donors (Lipinski definition) is 2. The number of amides is 2. The summed E-state index contributed by atoms with van der Waals surface area (Å²) in [5.41, 5.74) is 3.68. The zero-order chi connectivity index (χ0) is 27.9. The number of nitrogens with zero attached hydrogens (tertiary/aromatic N) is 1. The normalized spacial score (nSPS) is 18.4. The molecule has 1 atom stereocenters. The summed E-state index contributed by atoms with van der Waals surface area (Å²) in [6.07, 6.45) is 6.04. The molecule has 3 aromatic carbocycles. The van der Waals surface area contributed by atoms with Crippen molar-refractivity contribution in [1.29, 1.82) is 0 Å². The average Bonchev–Trinajstić information content (AvgIpc) is 3.39. The van der Waals surface area contributed by atoms with E-state index >= 15 is 0 Å². The molecule has 206 valence electrons. The quantitative estimate of drug-likeness (QED) is 0.333. The molecule has 1 aliphatic heterocycles. The van der Waals surface area contributed by atoms with E-state index in [1.807, 2.05) is 48.5 Å². The third-order valence-electron chi connectivity index (χ3n) is 8.90. The van der Waals surface area contributed by atoms with Crippen LogP contribution in [0.1, 0.15) is 77.1 Å². The topological polar surface area (TPSA) is 86.7 Å². The van der Waals surface area contributed by atoms with Crippen LogP contribution in [0.25, 0.3) is 0 Å². The van der Waals surface area contributed by atoms with E-state index in [1.165, 1.54) is 6.07 Å². The lowest BCUT2D eigenvalue weighted by molar-refractivity contribution is -0.143. The number of aliphatic carboxylic acids is 1. The summed E-state index contributed by atoms with van der Waals surface area (Å²) in [6, 6.07) is 20.0. The number of hydrogen-bond acceptors (Lipinski definition) is 3. The van der Waals surface area contributed by atoms with Crippen molar-refractivity contribution in [2.24, 2.45) is 11.3 Å². The zero-order valence-corrected chi connectivity index (χ0v) is 22.4. The molecule has 3 aliphatic rings. The van der Waals surface area contributed by atoms with Crippen LogP contribution in [0.15, 0.2) is 66.7 Å². The zero-order valence-electron chi connectivity index (χ0n) is 22.4. The van der Waals surface area contributed by atoms with Crippen molar-refractivity contribution in [3.8, 4) is 0 Å². The van der Waals surface area contributed by atoms with Crippen LogP contribution in [0, 0.1) is 17.2 Å². The van der Waals surface area contributed by atoms with Crippen molar-refractivity contribution in [1.82, 2.24) is 4.90 Å². The van der Waals surface area contributed by atoms with Gasteiger partial charge >= 0.3 is 5.97 Å². The number of anilines is 1. The fraction of sp³-hybridized carbons (Fsp3) is 0.364. The first kappa shape index (κ1) is 26.2. The fourth-order valence-corrected chi connectivity index (χ4v) is 6.45. The summed E-state index contributed by atoms with van der Waals surface area (Å²) >= 11 is 0. The van der Waals surface area contributed by atoms with Crippen molar-refractivity contribution < 1.29 is 23.9 Å². The van der Waals surface area contributed by atoms with E-state index in [-0.39, 0.29) is 36.0 Å². The minimum absolute atomic E-state index is 0.0585. The molecule has 2 saturated carbocycles. The molecule has 1 heterocycles. The Morgan fingerprint density at radius 2 is 1.73 bits per heavy atom. The second kappa shape index (κ2) is 10.5. The van der Waals surface area contributed by atoms with E-state index in [2.05, 4.69) is 5.32 Å². The van der Waals surface area contributed by atoms with E-state index in [0.29, 0.717) is 42.6 Å². The molecule has 2 fully saturated rings. The van der Waals surface area contributed by atoms with Gasteiger partial charge in [-0.1, -0.05) is 55.3 Å². The van der Waals surface area contributed by atoms with Crippen molar-refractivity contribution >= 4 is 23.5 Å². The molecule has 2 amide bonds. The van der Waals surface area contributed by atoms with E-state index in [1.54, 1.807) is 17.0 Å². The van der Waals surface area contributed by atoms with Crippen LogP contribution in [-0.2, 0) is 29.1 Å². The maximum absolute atomic E-state index is 14.2. The van der Waals surface area contributed by atoms with Crippen molar-refractivity contribution in [2.75, 3.05) is 5.32 Å². The van der Waals surface area contributed by atoms with Gasteiger partial charge in [0.25, 0.3) is 5.91 Å². The van der Waals surface area contributed by atoms with Gasteiger partial charge in [-0.3, -0.25) is 14.4 Å². The molecular weight excluding hydrogens is 507 g/mol. The Morgan fingerprint density at radius 1 is 1.00 bits per heavy atom. The summed E-state index contributed by atoms with van der Waals surface area (Å²) in [5.74, 6) is -1.39. The number of benzene rings is 3. The SMILES string of the molecule is O=C(Nc1cccc(CC2(C(=O)O)CC2)c1)[C@@H](c1ccc(CN2Cc3c(F)cccc3C2=O)cc1)C1CCCC1. The lowest BCUT2D eigenvalue weighted by atomic mass is 9.83. The monoisotopic (exact) mass is 540 g/mol. The highest BCUT2D eigenvalue weighted by molar-refractivity contribution is 5.98. The van der Waals surface area contributed by atoms with Gasteiger partial charge < -0.3 is 15.3 Å². The molecule has 0 unspecified atom stereocenters. The second-order valence-electron chi connectivity index (χ2n) is 11.6. The second-order valence-corrected chi connectivity index (χ2v) is 11.6. The fourth-order valence-electron chi connectivity index (χ4n) is 6.45. The standard InChI is InChI=1S/C33H33FN2O4/c34-28-10-4-9-26-27(28)20-36(31(26)38)19-21-11-13-24(14-12-21)29(23-6-1-2-7-23)30(37)35-25-8-3-5-22(17-25)18-33(15-16-33)32(39)40/h3-5,8-14,17,23,29H,1-2,6-7,15-16,18-20H2,(H,35,37)(H,39,40)/t29-/m1/s1. The lowest BCUT2D eigenvalue weighted by Crippen LogP contribution is -2.27. The molecule has 0 radical (unpaired) electrons. The highest BCUT2D eigenvalue weighted by Gasteiger charge is 2.50. The summed E-state index contributed by atoms with van der Waals surface area (Å²) in [7, 11) is 0. The summed E-state index contributed by atoms with van der Waals surface area (Å²) in [6.45, 7) is 0.625. The van der Waals surface area contributed by atoms with Crippen LogP contribution >= 0.6 is 0 Å². The number of carboxylic acids is 1. The maximum Gasteiger partial charge on any atom is 0.309 e. The van der Waals surface area contributed by atoms with Gasteiger partial charge in [-0.15, -0.1) is 0 Å². The average molecular weight is 541 g/mol. The molecule has 6 nitrogen and oxygen atoms in total. The molecular formula is C33H33FN2O4. The molecule has 2 N–H and O–H groups in total. The van der Waals surface area contributed by atoms with Gasteiger partial charge in [0.2, 0.25) is 5.91 Å². The van der Waals surface area contributed by atoms with Gasteiger partial charge in [-0.25, -0.2) is 4.39 Å². The molecule has 40 heavy (non-hydrogen) atoms. The highest BCUT2D eigenvalue weighted by Crippen LogP contribution is 2.48. The van der Waals surface area contributed by atoms with Crippen LogP contribution in [0.2, 0.25) is 0 Å². The van der Waals surface area contributed by atoms with E-state index in [4.69, 9.17) is 0 Å². The number of carbonyl (C=O) groups excluding carboxylic acids is 2. The number of nitrogens with one attached hydrogen (secondary N) is 1. The Bertz CT molecular complexity index is 1460. The van der Waals surface area contributed by atoms with Gasteiger partial charge in [0.15, 0.2) is 0 Å². The van der Waals surface area contributed by atoms with Crippen molar-refractivity contribution in [2.45, 2.75) is 64.0 Å². The van der Waals surface area contributed by atoms with Gasteiger partial charge in [-0.2, -0.15) is 0 Å². The van der Waals surface area contributed by atoms with Gasteiger partial charge in [0, 0.05) is 23.4 Å². The molecule has 0 bridgehead atoms. The largest absolute Gasteiger partial charge is 0.481 e. The first-order valence-corrected chi connectivity index (χ1v) is 14.1. The van der Waals surface area contributed by atoms with Crippen LogP contribution in [0.5, 0.6) is 0 Å². The number of carbonyl (C=O) groups is 3. The predicted octanol–water partition coefficient (Wildman–Crippen LogP) is 6.30. The molecule has 7 heteroatoms. The molecule has 0 aromatic heterocycles.